The van der Waals surface area contributed by atoms with Crippen LogP contribution >= 0.6 is 11.3 Å². The van der Waals surface area contributed by atoms with Gasteiger partial charge in [-0.25, -0.2) is 9.97 Å². The third kappa shape index (κ3) is 4.26. The summed E-state index contributed by atoms with van der Waals surface area (Å²) >= 11 is 1.32. The molecule has 0 saturated heterocycles. The van der Waals surface area contributed by atoms with Crippen molar-refractivity contribution < 1.29 is 4.79 Å². The second-order valence-electron chi connectivity index (χ2n) is 6.51. The Kier molecular flexibility index (Phi) is 5.32. The summed E-state index contributed by atoms with van der Waals surface area (Å²) in [6.07, 6.45) is 1.74. The second-order valence-corrected chi connectivity index (χ2v) is 7.51. The van der Waals surface area contributed by atoms with Crippen molar-refractivity contribution in [2.24, 2.45) is 0 Å². The zero-order valence-corrected chi connectivity index (χ0v) is 16.1. The van der Waals surface area contributed by atoms with Crippen LogP contribution in [0.25, 0.3) is 0 Å². The van der Waals surface area contributed by atoms with Crippen molar-refractivity contribution in [1.82, 2.24) is 9.97 Å². The van der Waals surface area contributed by atoms with Gasteiger partial charge in [0.1, 0.15) is 10.7 Å². The smallest absolute Gasteiger partial charge is 0.267 e. The van der Waals surface area contributed by atoms with Gasteiger partial charge in [0.2, 0.25) is 0 Å². The van der Waals surface area contributed by atoms with Crippen LogP contribution in [0.5, 0.6) is 0 Å². The number of carbonyl (C=O) groups is 1. The number of anilines is 3. The van der Waals surface area contributed by atoms with Crippen LogP contribution in [0.3, 0.4) is 0 Å². The Labute approximate surface area is 157 Å². The Morgan fingerprint density at radius 1 is 1.15 bits per heavy atom. The van der Waals surface area contributed by atoms with Crippen LogP contribution in [0.4, 0.5) is 16.6 Å². The first-order valence-corrected chi connectivity index (χ1v) is 9.32. The molecule has 1 amide bonds. The molecule has 0 radical (unpaired) electrons. The molecule has 0 aliphatic rings. The summed E-state index contributed by atoms with van der Waals surface area (Å²) in [4.78, 5) is 22.0. The topological polar surface area (TPSA) is 66.9 Å². The van der Waals surface area contributed by atoms with Gasteiger partial charge in [0.15, 0.2) is 5.13 Å². The van der Waals surface area contributed by atoms with E-state index in [4.69, 9.17) is 0 Å². The zero-order chi connectivity index (χ0) is 18.7. The van der Waals surface area contributed by atoms with Crippen molar-refractivity contribution in [3.05, 3.63) is 64.3 Å². The van der Waals surface area contributed by atoms with Crippen LogP contribution in [-0.4, -0.2) is 15.9 Å². The second kappa shape index (κ2) is 7.66. The molecule has 0 fully saturated rings. The van der Waals surface area contributed by atoms with Gasteiger partial charge >= 0.3 is 0 Å². The SMILES string of the molecule is Cc1ccnc(Nc2nc(C)c(C(=O)Nc3cccc(C(C)C)c3)s2)c1. The maximum Gasteiger partial charge on any atom is 0.267 e. The zero-order valence-electron chi connectivity index (χ0n) is 15.3. The van der Waals surface area contributed by atoms with Gasteiger partial charge in [0.05, 0.1) is 5.69 Å². The lowest BCUT2D eigenvalue weighted by Gasteiger charge is -2.09. The molecule has 0 aliphatic heterocycles. The first kappa shape index (κ1) is 18.1. The van der Waals surface area contributed by atoms with E-state index >= 15 is 0 Å². The average Bonchev–Trinajstić information content (AvgIpc) is 2.95. The lowest BCUT2D eigenvalue weighted by molar-refractivity contribution is 0.103. The normalized spacial score (nSPS) is 10.8. The van der Waals surface area contributed by atoms with E-state index < -0.39 is 0 Å². The number of carbonyl (C=O) groups excluding carboxylic acids is 1. The molecular weight excluding hydrogens is 344 g/mol. The molecular formula is C20H22N4OS. The number of thiazole rings is 1. The molecule has 0 saturated carbocycles. The van der Waals surface area contributed by atoms with Gasteiger partial charge in [-0.3, -0.25) is 4.79 Å². The van der Waals surface area contributed by atoms with E-state index in [-0.39, 0.29) is 5.91 Å². The van der Waals surface area contributed by atoms with Gasteiger partial charge < -0.3 is 10.6 Å². The van der Waals surface area contributed by atoms with Crippen molar-refractivity contribution in [1.29, 1.82) is 0 Å². The quantitative estimate of drug-likeness (QED) is 0.645. The fraction of sp³-hybridized carbons (Fsp3) is 0.250. The standard InChI is InChI=1S/C20H22N4OS/c1-12(2)15-6-5-7-16(11-15)23-19(25)18-14(4)22-20(26-18)24-17-10-13(3)8-9-21-17/h5-12H,1-4H3,(H,23,25)(H,21,22,24). The molecule has 0 bridgehead atoms. The Balaban J connectivity index is 1.76. The molecule has 134 valence electrons. The number of hydrogen-bond acceptors (Lipinski definition) is 5. The fourth-order valence-corrected chi connectivity index (χ4v) is 3.41. The summed E-state index contributed by atoms with van der Waals surface area (Å²) in [6.45, 7) is 8.10. The minimum Gasteiger partial charge on any atom is -0.321 e. The molecule has 6 heteroatoms. The maximum atomic E-state index is 12.7. The minimum absolute atomic E-state index is 0.147. The van der Waals surface area contributed by atoms with Crippen LogP contribution in [0.15, 0.2) is 42.6 Å². The highest BCUT2D eigenvalue weighted by Crippen LogP contribution is 2.26. The Bertz CT molecular complexity index is 933. The number of rotatable bonds is 5. The molecule has 1 aromatic carbocycles. The molecule has 0 aliphatic carbocycles. The maximum absolute atomic E-state index is 12.7. The summed E-state index contributed by atoms with van der Waals surface area (Å²) in [6, 6.07) is 11.8. The Morgan fingerprint density at radius 2 is 1.96 bits per heavy atom. The Morgan fingerprint density at radius 3 is 2.69 bits per heavy atom. The van der Waals surface area contributed by atoms with E-state index in [1.807, 2.05) is 44.2 Å². The minimum atomic E-state index is -0.147. The number of aryl methyl sites for hydroxylation is 2. The molecule has 2 heterocycles. The van der Waals surface area contributed by atoms with Gasteiger partial charge in [-0.15, -0.1) is 0 Å². The van der Waals surface area contributed by atoms with Crippen molar-refractivity contribution in [3.8, 4) is 0 Å². The first-order chi connectivity index (χ1) is 12.4. The van der Waals surface area contributed by atoms with Crippen LogP contribution in [-0.2, 0) is 0 Å². The van der Waals surface area contributed by atoms with Gasteiger partial charge in [-0.2, -0.15) is 0 Å². The molecule has 0 atom stereocenters. The van der Waals surface area contributed by atoms with Crippen LogP contribution in [0.1, 0.15) is 46.3 Å². The summed E-state index contributed by atoms with van der Waals surface area (Å²) < 4.78 is 0. The average molecular weight is 366 g/mol. The van der Waals surface area contributed by atoms with Crippen molar-refractivity contribution in [3.63, 3.8) is 0 Å². The van der Waals surface area contributed by atoms with E-state index in [9.17, 15) is 4.79 Å². The van der Waals surface area contributed by atoms with E-state index in [0.717, 1.165) is 17.1 Å². The molecule has 0 unspecified atom stereocenters. The molecule has 2 aromatic heterocycles. The van der Waals surface area contributed by atoms with Gasteiger partial charge in [-0.1, -0.05) is 37.3 Å². The number of nitrogens with one attached hydrogen (secondary N) is 2. The molecule has 5 nitrogen and oxygen atoms in total. The largest absolute Gasteiger partial charge is 0.321 e. The number of aromatic nitrogens is 2. The van der Waals surface area contributed by atoms with Crippen molar-refractivity contribution in [2.45, 2.75) is 33.6 Å². The lowest BCUT2D eigenvalue weighted by Crippen LogP contribution is -2.11. The third-order valence-corrected chi connectivity index (χ3v) is 5.04. The summed E-state index contributed by atoms with van der Waals surface area (Å²) in [5.41, 5.74) is 3.79. The van der Waals surface area contributed by atoms with Crippen LogP contribution in [0.2, 0.25) is 0 Å². The third-order valence-electron chi connectivity index (χ3n) is 3.96. The molecule has 3 aromatic rings. The predicted octanol–water partition coefficient (Wildman–Crippen LogP) is 5.27. The number of hydrogen-bond donors (Lipinski definition) is 2. The van der Waals surface area contributed by atoms with E-state index in [2.05, 4.69) is 40.5 Å². The van der Waals surface area contributed by atoms with E-state index in [0.29, 0.717) is 21.6 Å². The molecule has 3 rings (SSSR count). The molecule has 2 N–H and O–H groups in total. The van der Waals surface area contributed by atoms with Gasteiger partial charge in [0.25, 0.3) is 5.91 Å². The monoisotopic (exact) mass is 366 g/mol. The van der Waals surface area contributed by atoms with Crippen LogP contribution in [0, 0.1) is 13.8 Å². The van der Waals surface area contributed by atoms with E-state index in [1.165, 1.54) is 16.9 Å². The molecule has 0 spiro atoms. The van der Waals surface area contributed by atoms with Crippen molar-refractivity contribution in [2.75, 3.05) is 10.6 Å². The first-order valence-electron chi connectivity index (χ1n) is 8.51. The Hall–Kier alpha value is -2.73. The number of benzene rings is 1. The number of pyridine rings is 1. The highest BCUT2D eigenvalue weighted by atomic mass is 32.1. The lowest BCUT2D eigenvalue weighted by atomic mass is 10.0. The summed E-state index contributed by atoms with van der Waals surface area (Å²) in [5, 5.41) is 6.79. The summed E-state index contributed by atoms with van der Waals surface area (Å²) in [5.74, 6) is 0.983. The van der Waals surface area contributed by atoms with Crippen molar-refractivity contribution >= 4 is 33.9 Å². The van der Waals surface area contributed by atoms with Gasteiger partial charge in [0, 0.05) is 11.9 Å². The highest BCUT2D eigenvalue weighted by molar-refractivity contribution is 7.17. The summed E-state index contributed by atoms with van der Waals surface area (Å²) in [7, 11) is 0. The highest BCUT2D eigenvalue weighted by Gasteiger charge is 2.16. The number of amides is 1. The van der Waals surface area contributed by atoms with Gasteiger partial charge in [-0.05, 0) is 55.2 Å². The van der Waals surface area contributed by atoms with Crippen LogP contribution < -0.4 is 10.6 Å². The van der Waals surface area contributed by atoms with E-state index in [1.54, 1.807) is 6.20 Å². The molecule has 26 heavy (non-hydrogen) atoms. The predicted molar refractivity (Wildman–Crippen MR) is 108 cm³/mol. The number of nitrogens with zero attached hydrogens (tertiary/aromatic N) is 2. The fourth-order valence-electron chi connectivity index (χ4n) is 2.54.